The first-order chi connectivity index (χ1) is 14.1. The standard InChI is InChI=1S/C20H22FN5OS2/c1-26(2)14-9-7-13(8-10-14)18-22-11-15(27-18)12-28-20-25-24-19(29-20)23-17-6-4-3-5-16(17)21/h3-10,15,18,22H,11-12H2,1-2H3,(H,23,24). The molecule has 1 aliphatic heterocycles. The molecule has 152 valence electrons. The molecule has 1 saturated heterocycles. The Hall–Kier alpha value is -2.20. The second kappa shape index (κ2) is 9.08. The van der Waals surface area contributed by atoms with Gasteiger partial charge in [-0.15, -0.1) is 10.2 Å². The summed E-state index contributed by atoms with van der Waals surface area (Å²) in [5, 5.41) is 15.2. The van der Waals surface area contributed by atoms with E-state index in [0.29, 0.717) is 10.8 Å². The van der Waals surface area contributed by atoms with E-state index in [0.717, 1.165) is 27.9 Å². The molecule has 2 aromatic carbocycles. The lowest BCUT2D eigenvalue weighted by molar-refractivity contribution is 0.0535. The maximum absolute atomic E-state index is 13.7. The van der Waals surface area contributed by atoms with Gasteiger partial charge in [0.05, 0.1) is 11.8 Å². The van der Waals surface area contributed by atoms with Crippen LogP contribution in [-0.4, -0.2) is 42.7 Å². The number of aromatic nitrogens is 2. The lowest BCUT2D eigenvalue weighted by atomic mass is 10.2. The highest BCUT2D eigenvalue weighted by atomic mass is 32.2. The third kappa shape index (κ3) is 5.05. The van der Waals surface area contributed by atoms with Crippen LogP contribution < -0.4 is 15.5 Å². The Morgan fingerprint density at radius 2 is 2.00 bits per heavy atom. The van der Waals surface area contributed by atoms with E-state index in [4.69, 9.17) is 4.74 Å². The first kappa shape index (κ1) is 20.1. The first-order valence-electron chi connectivity index (χ1n) is 9.22. The fraction of sp³-hybridized carbons (Fsp3) is 0.300. The average Bonchev–Trinajstić information content (AvgIpc) is 3.38. The summed E-state index contributed by atoms with van der Waals surface area (Å²) < 4.78 is 20.7. The van der Waals surface area contributed by atoms with E-state index in [1.807, 2.05) is 14.1 Å². The minimum atomic E-state index is -0.313. The Labute approximate surface area is 177 Å². The number of thioether (sulfide) groups is 1. The summed E-state index contributed by atoms with van der Waals surface area (Å²) in [4.78, 5) is 2.07. The minimum absolute atomic E-state index is 0.0883. The number of halogens is 1. The van der Waals surface area contributed by atoms with E-state index >= 15 is 0 Å². The molecule has 1 aliphatic rings. The Kier molecular flexibility index (Phi) is 6.29. The van der Waals surface area contributed by atoms with E-state index in [9.17, 15) is 4.39 Å². The quantitative estimate of drug-likeness (QED) is 0.542. The Bertz CT molecular complexity index is 950. The molecule has 4 rings (SSSR count). The van der Waals surface area contributed by atoms with Gasteiger partial charge in [0.2, 0.25) is 5.13 Å². The highest BCUT2D eigenvalue weighted by Crippen LogP contribution is 2.31. The second-order valence-corrected chi connectivity index (χ2v) is 9.07. The maximum Gasteiger partial charge on any atom is 0.210 e. The number of nitrogens with one attached hydrogen (secondary N) is 2. The fourth-order valence-electron chi connectivity index (χ4n) is 2.93. The number of benzene rings is 2. The van der Waals surface area contributed by atoms with Crippen LogP contribution in [0.5, 0.6) is 0 Å². The van der Waals surface area contributed by atoms with Crippen molar-refractivity contribution in [3.63, 3.8) is 0 Å². The smallest absolute Gasteiger partial charge is 0.210 e. The predicted octanol–water partition coefficient (Wildman–Crippen LogP) is 4.27. The van der Waals surface area contributed by atoms with Crippen molar-refractivity contribution in [1.82, 2.24) is 15.5 Å². The topological polar surface area (TPSA) is 62.3 Å². The van der Waals surface area contributed by atoms with Crippen molar-refractivity contribution in [2.45, 2.75) is 16.7 Å². The minimum Gasteiger partial charge on any atom is -0.378 e. The average molecular weight is 432 g/mol. The molecule has 0 spiro atoms. The van der Waals surface area contributed by atoms with Gasteiger partial charge >= 0.3 is 0 Å². The molecule has 3 aromatic rings. The van der Waals surface area contributed by atoms with Crippen molar-refractivity contribution in [3.8, 4) is 0 Å². The van der Waals surface area contributed by atoms with Crippen LogP contribution in [0.4, 0.5) is 20.9 Å². The van der Waals surface area contributed by atoms with Gasteiger partial charge in [-0.1, -0.05) is 47.4 Å². The molecule has 1 fully saturated rings. The van der Waals surface area contributed by atoms with Crippen LogP contribution in [0.2, 0.25) is 0 Å². The van der Waals surface area contributed by atoms with Crippen LogP contribution in [0.3, 0.4) is 0 Å². The molecule has 0 saturated carbocycles. The Morgan fingerprint density at radius 3 is 2.76 bits per heavy atom. The molecular weight excluding hydrogens is 409 g/mol. The maximum atomic E-state index is 13.7. The normalized spacial score (nSPS) is 18.7. The lowest BCUT2D eigenvalue weighted by Crippen LogP contribution is -2.16. The Balaban J connectivity index is 1.28. The molecule has 9 heteroatoms. The van der Waals surface area contributed by atoms with Crippen LogP contribution in [0.25, 0.3) is 0 Å². The summed E-state index contributed by atoms with van der Waals surface area (Å²) in [6.07, 6.45) is -0.00471. The van der Waals surface area contributed by atoms with Crippen molar-refractivity contribution < 1.29 is 9.13 Å². The third-order valence-corrected chi connectivity index (χ3v) is 6.59. The summed E-state index contributed by atoms with van der Waals surface area (Å²) >= 11 is 3.00. The van der Waals surface area contributed by atoms with Gasteiger partial charge in [-0.3, -0.25) is 5.32 Å². The molecule has 0 bridgehead atoms. The van der Waals surface area contributed by atoms with Gasteiger partial charge in [-0.05, 0) is 29.8 Å². The largest absolute Gasteiger partial charge is 0.378 e. The highest BCUT2D eigenvalue weighted by molar-refractivity contribution is 8.01. The van der Waals surface area contributed by atoms with Crippen molar-refractivity contribution in [2.24, 2.45) is 0 Å². The van der Waals surface area contributed by atoms with Crippen LogP contribution in [0.1, 0.15) is 11.8 Å². The molecule has 0 amide bonds. The molecule has 2 unspecified atom stereocenters. The van der Waals surface area contributed by atoms with Gasteiger partial charge in [-0.2, -0.15) is 0 Å². The Morgan fingerprint density at radius 1 is 1.21 bits per heavy atom. The van der Waals surface area contributed by atoms with E-state index in [-0.39, 0.29) is 18.1 Å². The summed E-state index contributed by atoms with van der Waals surface area (Å²) in [6, 6.07) is 14.9. The van der Waals surface area contributed by atoms with Gasteiger partial charge in [0.15, 0.2) is 4.34 Å². The number of hydrogen-bond acceptors (Lipinski definition) is 8. The van der Waals surface area contributed by atoms with E-state index in [1.54, 1.807) is 30.0 Å². The molecule has 1 aromatic heterocycles. The zero-order valence-electron chi connectivity index (χ0n) is 16.1. The summed E-state index contributed by atoms with van der Waals surface area (Å²) in [6.45, 7) is 0.784. The van der Waals surface area contributed by atoms with Gasteiger partial charge in [0.25, 0.3) is 0 Å². The zero-order chi connectivity index (χ0) is 20.2. The number of hydrogen-bond donors (Lipinski definition) is 2. The molecule has 6 nitrogen and oxygen atoms in total. The summed E-state index contributed by atoms with van der Waals surface area (Å²) in [7, 11) is 4.05. The molecule has 29 heavy (non-hydrogen) atoms. The lowest BCUT2D eigenvalue weighted by Gasteiger charge is -2.16. The van der Waals surface area contributed by atoms with Crippen molar-refractivity contribution in [2.75, 3.05) is 36.6 Å². The summed E-state index contributed by atoms with van der Waals surface area (Å²) in [5.41, 5.74) is 2.68. The highest BCUT2D eigenvalue weighted by Gasteiger charge is 2.26. The molecule has 0 aliphatic carbocycles. The zero-order valence-corrected chi connectivity index (χ0v) is 17.8. The van der Waals surface area contributed by atoms with Crippen LogP contribution in [0.15, 0.2) is 52.9 Å². The van der Waals surface area contributed by atoms with E-state index in [2.05, 4.69) is 50.0 Å². The first-order valence-corrected chi connectivity index (χ1v) is 11.0. The summed E-state index contributed by atoms with van der Waals surface area (Å²) in [5.74, 6) is 0.458. The van der Waals surface area contributed by atoms with Gasteiger partial charge in [0, 0.05) is 32.1 Å². The van der Waals surface area contributed by atoms with Gasteiger partial charge in [-0.25, -0.2) is 4.39 Å². The molecule has 2 N–H and O–H groups in total. The second-order valence-electron chi connectivity index (χ2n) is 6.82. The van der Waals surface area contributed by atoms with Crippen LogP contribution in [-0.2, 0) is 4.74 Å². The van der Waals surface area contributed by atoms with Crippen molar-refractivity contribution in [1.29, 1.82) is 0 Å². The van der Waals surface area contributed by atoms with E-state index < -0.39 is 0 Å². The number of rotatable bonds is 7. The van der Waals surface area contributed by atoms with Crippen molar-refractivity contribution >= 4 is 39.6 Å². The number of anilines is 3. The molecule has 2 atom stereocenters. The van der Waals surface area contributed by atoms with Gasteiger partial charge in [0.1, 0.15) is 12.0 Å². The van der Waals surface area contributed by atoms with Crippen LogP contribution >= 0.6 is 23.1 Å². The molecule has 2 heterocycles. The predicted molar refractivity (Wildman–Crippen MR) is 117 cm³/mol. The van der Waals surface area contributed by atoms with Crippen molar-refractivity contribution in [3.05, 3.63) is 59.9 Å². The molecular formula is C20H22FN5OS2. The monoisotopic (exact) mass is 431 g/mol. The number of para-hydroxylation sites is 1. The van der Waals surface area contributed by atoms with E-state index in [1.165, 1.54) is 17.4 Å². The number of ether oxygens (including phenoxy) is 1. The van der Waals surface area contributed by atoms with Crippen LogP contribution in [0, 0.1) is 5.82 Å². The molecule has 0 radical (unpaired) electrons. The number of nitrogens with zero attached hydrogens (tertiary/aromatic N) is 3. The third-order valence-electron chi connectivity index (χ3n) is 4.49. The fourth-order valence-corrected chi connectivity index (χ4v) is 4.72. The van der Waals surface area contributed by atoms with Gasteiger partial charge < -0.3 is 15.0 Å². The SMILES string of the molecule is CN(C)c1ccc(C2NCC(CSc3nnc(Nc4ccccc4F)s3)O2)cc1.